The number of amides is 3. The topological polar surface area (TPSA) is 126 Å². The molecule has 0 saturated carbocycles. The number of nitrogens with one attached hydrogen (secondary N) is 2. The SMILES string of the molecule is CCn1nc(-c2cc(C)no2)cc1NC(=O)C[C@@H](C)C(=O)N[C@@H]1C(=O)N2CCCN2Cc2ccccc21. The van der Waals surface area contributed by atoms with E-state index in [-0.39, 0.29) is 24.1 Å². The molecule has 2 aliphatic rings. The van der Waals surface area contributed by atoms with E-state index in [2.05, 4.69) is 20.9 Å². The Morgan fingerprint density at radius 2 is 2.03 bits per heavy atom. The molecular weight excluding hydrogens is 474 g/mol. The highest BCUT2D eigenvalue weighted by Gasteiger charge is 2.38. The van der Waals surface area contributed by atoms with E-state index in [0.717, 1.165) is 29.8 Å². The average Bonchev–Trinajstić information content (AvgIpc) is 3.61. The Morgan fingerprint density at radius 1 is 1.22 bits per heavy atom. The predicted octanol–water partition coefficient (Wildman–Crippen LogP) is 2.65. The summed E-state index contributed by atoms with van der Waals surface area (Å²) in [4.78, 5) is 39.4. The normalized spacial score (nSPS) is 18.2. The Balaban J connectivity index is 1.26. The number of carbonyl (C=O) groups is 3. The summed E-state index contributed by atoms with van der Waals surface area (Å²) in [7, 11) is 0. The van der Waals surface area contributed by atoms with Crippen molar-refractivity contribution >= 4 is 23.5 Å². The molecule has 1 saturated heterocycles. The van der Waals surface area contributed by atoms with E-state index < -0.39 is 12.0 Å². The van der Waals surface area contributed by atoms with E-state index in [1.54, 1.807) is 28.7 Å². The number of benzene rings is 1. The minimum Gasteiger partial charge on any atom is -0.354 e. The minimum atomic E-state index is -0.785. The van der Waals surface area contributed by atoms with Crippen molar-refractivity contribution in [3.05, 3.63) is 53.2 Å². The molecule has 194 valence electrons. The molecule has 0 radical (unpaired) electrons. The van der Waals surface area contributed by atoms with Gasteiger partial charge in [0.15, 0.2) is 5.76 Å². The Labute approximate surface area is 214 Å². The third-order valence-electron chi connectivity index (χ3n) is 6.80. The van der Waals surface area contributed by atoms with Crippen LogP contribution in [0.4, 0.5) is 5.82 Å². The van der Waals surface area contributed by atoms with Crippen LogP contribution in [0.25, 0.3) is 11.5 Å². The van der Waals surface area contributed by atoms with E-state index in [1.807, 2.05) is 43.1 Å². The zero-order chi connectivity index (χ0) is 26.1. The van der Waals surface area contributed by atoms with Gasteiger partial charge in [-0.2, -0.15) is 5.10 Å². The number of carbonyl (C=O) groups excluding carboxylic acids is 3. The largest absolute Gasteiger partial charge is 0.354 e. The molecule has 11 nitrogen and oxygen atoms in total. The van der Waals surface area contributed by atoms with Crippen molar-refractivity contribution in [2.24, 2.45) is 5.92 Å². The molecule has 5 rings (SSSR count). The first-order chi connectivity index (χ1) is 17.8. The Kier molecular flexibility index (Phi) is 6.79. The maximum atomic E-state index is 13.4. The van der Waals surface area contributed by atoms with Gasteiger partial charge in [0.25, 0.3) is 5.91 Å². The highest BCUT2D eigenvalue weighted by molar-refractivity contribution is 5.95. The third kappa shape index (κ3) is 4.99. The standard InChI is InChI=1S/C26H31N7O4/c1-4-32-22(14-20(29-32)21-13-17(3)30-37-21)27-23(34)12-16(2)25(35)28-24-19-9-6-5-8-18(19)15-31-10-7-11-33(31)26(24)36/h5-6,8-9,13-14,16,24H,4,7,10-12,15H2,1-3H3,(H,27,34)(H,28,35)/t16-,24+/m1/s1. The number of aryl methyl sites for hydroxylation is 2. The molecule has 0 spiro atoms. The van der Waals surface area contributed by atoms with E-state index >= 15 is 0 Å². The monoisotopic (exact) mass is 505 g/mol. The molecule has 0 bridgehead atoms. The van der Waals surface area contributed by atoms with Crippen LogP contribution < -0.4 is 10.6 Å². The van der Waals surface area contributed by atoms with Crippen molar-refractivity contribution in [2.75, 3.05) is 18.4 Å². The summed E-state index contributed by atoms with van der Waals surface area (Å²) in [6.45, 7) is 8.03. The van der Waals surface area contributed by atoms with Gasteiger partial charge < -0.3 is 15.2 Å². The first kappa shape index (κ1) is 24.7. The molecule has 37 heavy (non-hydrogen) atoms. The molecule has 2 atom stereocenters. The number of aromatic nitrogens is 3. The van der Waals surface area contributed by atoms with Crippen molar-refractivity contribution in [2.45, 2.75) is 52.7 Å². The van der Waals surface area contributed by atoms with Gasteiger partial charge in [-0.25, -0.2) is 9.69 Å². The molecule has 3 amide bonds. The molecule has 2 N–H and O–H groups in total. The van der Waals surface area contributed by atoms with E-state index in [0.29, 0.717) is 36.9 Å². The van der Waals surface area contributed by atoms with Gasteiger partial charge in [-0.05, 0) is 31.4 Å². The predicted molar refractivity (Wildman–Crippen MR) is 135 cm³/mol. The average molecular weight is 506 g/mol. The van der Waals surface area contributed by atoms with Crippen molar-refractivity contribution in [1.82, 2.24) is 30.3 Å². The summed E-state index contributed by atoms with van der Waals surface area (Å²) in [6, 6.07) is 10.4. The maximum Gasteiger partial charge on any atom is 0.264 e. The Bertz CT molecular complexity index is 1330. The van der Waals surface area contributed by atoms with E-state index in [4.69, 9.17) is 4.52 Å². The van der Waals surface area contributed by atoms with Crippen molar-refractivity contribution in [3.8, 4) is 11.5 Å². The molecular formula is C26H31N7O4. The van der Waals surface area contributed by atoms with Gasteiger partial charge in [-0.3, -0.25) is 19.4 Å². The maximum absolute atomic E-state index is 13.4. The van der Waals surface area contributed by atoms with Crippen LogP contribution in [0.15, 0.2) is 40.9 Å². The number of hydrazine groups is 1. The molecule has 0 aliphatic carbocycles. The zero-order valence-corrected chi connectivity index (χ0v) is 21.2. The minimum absolute atomic E-state index is 0.0458. The van der Waals surface area contributed by atoms with Crippen LogP contribution in [0.2, 0.25) is 0 Å². The van der Waals surface area contributed by atoms with Gasteiger partial charge in [0, 0.05) is 50.7 Å². The second-order valence-electron chi connectivity index (χ2n) is 9.56. The summed E-state index contributed by atoms with van der Waals surface area (Å²) in [5.74, 6) is -0.445. The van der Waals surface area contributed by atoms with Crippen molar-refractivity contribution in [1.29, 1.82) is 0 Å². The number of rotatable bonds is 7. The van der Waals surface area contributed by atoms with Crippen LogP contribution >= 0.6 is 0 Å². The number of anilines is 1. The second kappa shape index (κ2) is 10.2. The van der Waals surface area contributed by atoms with Gasteiger partial charge in [0.1, 0.15) is 17.6 Å². The first-order valence-electron chi connectivity index (χ1n) is 12.6. The van der Waals surface area contributed by atoms with E-state index in [9.17, 15) is 14.4 Å². The van der Waals surface area contributed by atoms with Gasteiger partial charge in [-0.1, -0.05) is 36.3 Å². The van der Waals surface area contributed by atoms with Crippen LogP contribution in [0, 0.1) is 12.8 Å². The molecule has 2 aromatic heterocycles. The quantitative estimate of drug-likeness (QED) is 0.506. The Hall–Kier alpha value is -3.99. The van der Waals surface area contributed by atoms with Gasteiger partial charge >= 0.3 is 0 Å². The van der Waals surface area contributed by atoms with Crippen LogP contribution in [0.3, 0.4) is 0 Å². The molecule has 1 aromatic carbocycles. The van der Waals surface area contributed by atoms with Gasteiger partial charge in [0.2, 0.25) is 11.8 Å². The number of fused-ring (bicyclic) bond motifs is 2. The lowest BCUT2D eigenvalue weighted by Gasteiger charge is -2.28. The van der Waals surface area contributed by atoms with Crippen molar-refractivity contribution < 1.29 is 18.9 Å². The lowest BCUT2D eigenvalue weighted by molar-refractivity contribution is -0.148. The van der Waals surface area contributed by atoms with Crippen LogP contribution in [-0.4, -0.2) is 55.8 Å². The molecule has 3 aromatic rings. The lowest BCUT2D eigenvalue weighted by atomic mass is 9.98. The fraction of sp³-hybridized carbons (Fsp3) is 0.423. The van der Waals surface area contributed by atoms with Gasteiger partial charge in [0.05, 0.1) is 5.69 Å². The zero-order valence-electron chi connectivity index (χ0n) is 21.2. The summed E-state index contributed by atoms with van der Waals surface area (Å²) in [6.07, 6.45) is 0.854. The van der Waals surface area contributed by atoms with Crippen LogP contribution in [-0.2, 0) is 27.5 Å². The molecule has 0 unspecified atom stereocenters. The van der Waals surface area contributed by atoms with Crippen LogP contribution in [0.5, 0.6) is 0 Å². The molecule has 4 heterocycles. The van der Waals surface area contributed by atoms with Gasteiger partial charge in [-0.15, -0.1) is 0 Å². The summed E-state index contributed by atoms with van der Waals surface area (Å²) < 4.78 is 6.93. The Morgan fingerprint density at radius 3 is 2.78 bits per heavy atom. The molecule has 2 aliphatic heterocycles. The molecule has 1 fully saturated rings. The fourth-order valence-electron chi connectivity index (χ4n) is 4.87. The first-order valence-corrected chi connectivity index (χ1v) is 12.6. The summed E-state index contributed by atoms with van der Waals surface area (Å²) >= 11 is 0. The number of hydrogen-bond acceptors (Lipinski definition) is 7. The summed E-state index contributed by atoms with van der Waals surface area (Å²) in [5.41, 5.74) is 3.11. The highest BCUT2D eigenvalue weighted by Crippen LogP contribution is 2.30. The van der Waals surface area contributed by atoms with E-state index in [1.165, 1.54) is 0 Å². The third-order valence-corrected chi connectivity index (χ3v) is 6.80. The lowest BCUT2D eigenvalue weighted by Crippen LogP contribution is -2.46. The molecule has 11 heteroatoms. The number of nitrogens with zero attached hydrogens (tertiary/aromatic N) is 5. The summed E-state index contributed by atoms with van der Waals surface area (Å²) in [5, 5.41) is 17.9. The fourth-order valence-corrected chi connectivity index (χ4v) is 4.87. The number of hydrogen-bond donors (Lipinski definition) is 2. The van der Waals surface area contributed by atoms with Crippen LogP contribution in [0.1, 0.15) is 49.6 Å². The van der Waals surface area contributed by atoms with Crippen molar-refractivity contribution in [3.63, 3.8) is 0 Å². The second-order valence-corrected chi connectivity index (χ2v) is 9.56. The highest BCUT2D eigenvalue weighted by atomic mass is 16.5. The smallest absolute Gasteiger partial charge is 0.264 e.